The molecule has 2 aromatic rings. The molecule has 1 aliphatic heterocycles. The third-order valence-electron chi connectivity index (χ3n) is 5.08. The first kappa shape index (κ1) is 18.0. The molecule has 6 heteroatoms. The number of aromatic nitrogens is 1. The lowest BCUT2D eigenvalue weighted by molar-refractivity contribution is -0.174. The first-order chi connectivity index (χ1) is 12.2. The van der Waals surface area contributed by atoms with Crippen molar-refractivity contribution in [3.8, 4) is 17.6 Å². The van der Waals surface area contributed by atoms with E-state index in [0.29, 0.717) is 29.2 Å². The molecule has 1 N–H and O–H groups in total. The summed E-state index contributed by atoms with van der Waals surface area (Å²) in [6, 6.07) is 10.2. The van der Waals surface area contributed by atoms with Gasteiger partial charge in [-0.2, -0.15) is 5.26 Å². The largest absolute Gasteiger partial charge is 0.484 e. The predicted molar refractivity (Wildman–Crippen MR) is 96.2 cm³/mol. The molecule has 0 aliphatic carbocycles. The van der Waals surface area contributed by atoms with Gasteiger partial charge in [0.25, 0.3) is 5.56 Å². The van der Waals surface area contributed by atoms with Gasteiger partial charge in [0.2, 0.25) is 0 Å². The summed E-state index contributed by atoms with van der Waals surface area (Å²) in [5, 5.41) is 20.4. The van der Waals surface area contributed by atoms with E-state index >= 15 is 0 Å². The average Bonchev–Trinajstić information content (AvgIpc) is 2.59. The van der Waals surface area contributed by atoms with E-state index in [2.05, 4.69) is 6.07 Å². The Morgan fingerprint density at radius 1 is 1.31 bits per heavy atom. The number of pyridine rings is 1. The minimum absolute atomic E-state index is 0.179. The Hall–Kier alpha value is -2.78. The highest BCUT2D eigenvalue weighted by atomic mass is 16.5. The summed E-state index contributed by atoms with van der Waals surface area (Å²) >= 11 is 0. The van der Waals surface area contributed by atoms with Gasteiger partial charge in [0.05, 0.1) is 11.6 Å². The SMILES string of the molecule is CCn1ccc(OC2c3cc(C#N)ccc3OC(C)(C)C2(C)O)cc1=O. The Morgan fingerprint density at radius 2 is 2.04 bits per heavy atom. The number of hydrogen-bond acceptors (Lipinski definition) is 5. The molecule has 0 spiro atoms. The number of benzene rings is 1. The van der Waals surface area contributed by atoms with Crippen molar-refractivity contribution < 1.29 is 14.6 Å². The Bertz CT molecular complexity index is 938. The van der Waals surface area contributed by atoms with Crippen LogP contribution in [0.1, 0.15) is 44.9 Å². The van der Waals surface area contributed by atoms with E-state index in [9.17, 15) is 15.2 Å². The van der Waals surface area contributed by atoms with E-state index < -0.39 is 17.3 Å². The zero-order chi connectivity index (χ0) is 19.1. The summed E-state index contributed by atoms with van der Waals surface area (Å²) in [5.41, 5.74) is -1.49. The Balaban J connectivity index is 2.10. The molecule has 0 fully saturated rings. The van der Waals surface area contributed by atoms with E-state index in [4.69, 9.17) is 9.47 Å². The topological polar surface area (TPSA) is 84.5 Å². The second-order valence-electron chi connectivity index (χ2n) is 7.11. The molecule has 0 saturated heterocycles. The molecule has 2 heterocycles. The molecule has 6 nitrogen and oxygen atoms in total. The zero-order valence-electron chi connectivity index (χ0n) is 15.3. The van der Waals surface area contributed by atoms with Crippen molar-refractivity contribution in [2.45, 2.75) is 51.5 Å². The van der Waals surface area contributed by atoms with Gasteiger partial charge in [-0.15, -0.1) is 0 Å². The molecular formula is C20H22N2O4. The molecule has 1 aromatic heterocycles. The van der Waals surface area contributed by atoms with Crippen LogP contribution in [0, 0.1) is 11.3 Å². The number of ether oxygens (including phenoxy) is 2. The maximum absolute atomic E-state index is 12.1. The van der Waals surface area contributed by atoms with Crippen LogP contribution in [0.4, 0.5) is 0 Å². The highest BCUT2D eigenvalue weighted by Crippen LogP contribution is 2.48. The van der Waals surface area contributed by atoms with Gasteiger partial charge in [0.1, 0.15) is 22.7 Å². The van der Waals surface area contributed by atoms with Crippen molar-refractivity contribution in [2.24, 2.45) is 0 Å². The number of hydrogen-bond donors (Lipinski definition) is 1. The van der Waals surface area contributed by atoms with E-state index in [-0.39, 0.29) is 5.56 Å². The fourth-order valence-corrected chi connectivity index (χ4v) is 3.05. The molecule has 0 bridgehead atoms. The number of aliphatic hydroxyl groups is 1. The van der Waals surface area contributed by atoms with Gasteiger partial charge >= 0.3 is 0 Å². The van der Waals surface area contributed by atoms with E-state index in [1.54, 1.807) is 55.8 Å². The van der Waals surface area contributed by atoms with Crippen LogP contribution in [0.3, 0.4) is 0 Å². The molecule has 0 saturated carbocycles. The smallest absolute Gasteiger partial charge is 0.254 e. The molecule has 1 aliphatic rings. The number of fused-ring (bicyclic) bond motifs is 1. The molecule has 2 atom stereocenters. The monoisotopic (exact) mass is 354 g/mol. The van der Waals surface area contributed by atoms with Crippen molar-refractivity contribution in [1.82, 2.24) is 4.57 Å². The van der Waals surface area contributed by atoms with Crippen molar-refractivity contribution in [1.29, 1.82) is 5.26 Å². The van der Waals surface area contributed by atoms with Gasteiger partial charge in [0, 0.05) is 24.4 Å². The second-order valence-corrected chi connectivity index (χ2v) is 7.11. The summed E-state index contributed by atoms with van der Waals surface area (Å²) in [4.78, 5) is 12.1. The fourth-order valence-electron chi connectivity index (χ4n) is 3.05. The molecule has 2 unspecified atom stereocenters. The van der Waals surface area contributed by atoms with Crippen LogP contribution in [0.25, 0.3) is 0 Å². The maximum atomic E-state index is 12.1. The Kier molecular flexibility index (Phi) is 4.29. The molecule has 1 aromatic carbocycles. The zero-order valence-corrected chi connectivity index (χ0v) is 15.3. The average molecular weight is 354 g/mol. The van der Waals surface area contributed by atoms with Gasteiger partial charge in [-0.1, -0.05) is 0 Å². The summed E-state index contributed by atoms with van der Waals surface area (Å²) in [7, 11) is 0. The Labute approximate surface area is 152 Å². The Morgan fingerprint density at radius 3 is 2.65 bits per heavy atom. The summed E-state index contributed by atoms with van der Waals surface area (Å²) in [6.07, 6.45) is 0.857. The van der Waals surface area contributed by atoms with E-state index in [1.165, 1.54) is 6.07 Å². The van der Waals surface area contributed by atoms with Gasteiger partial charge in [-0.25, -0.2) is 0 Å². The lowest BCUT2D eigenvalue weighted by Crippen LogP contribution is -2.59. The standard InChI is InChI=1S/C20H22N2O4/c1-5-22-9-8-14(11-17(22)23)25-18-15-10-13(12-21)6-7-16(15)26-19(2,3)20(18,4)24/h6-11,18,24H,5H2,1-4H3. The third-order valence-corrected chi connectivity index (χ3v) is 5.08. The highest BCUT2D eigenvalue weighted by Gasteiger charge is 2.54. The van der Waals surface area contributed by atoms with Crippen LogP contribution in [-0.2, 0) is 6.54 Å². The normalized spacial score (nSPS) is 23.5. The molecule has 3 rings (SSSR count). The van der Waals surface area contributed by atoms with Crippen LogP contribution in [0.5, 0.6) is 11.5 Å². The lowest BCUT2D eigenvalue weighted by Gasteiger charge is -2.48. The van der Waals surface area contributed by atoms with E-state index in [0.717, 1.165) is 0 Å². The van der Waals surface area contributed by atoms with Crippen LogP contribution in [0.15, 0.2) is 41.3 Å². The van der Waals surface area contributed by atoms with Crippen molar-refractivity contribution >= 4 is 0 Å². The van der Waals surface area contributed by atoms with Gasteiger partial charge in [-0.05, 0) is 52.0 Å². The van der Waals surface area contributed by atoms with Gasteiger partial charge in [0.15, 0.2) is 6.10 Å². The number of aryl methyl sites for hydroxylation is 1. The third kappa shape index (κ3) is 2.85. The number of rotatable bonds is 3. The summed E-state index contributed by atoms with van der Waals surface area (Å²) < 4.78 is 13.6. The molecule has 136 valence electrons. The number of nitriles is 1. The van der Waals surface area contributed by atoms with Crippen molar-refractivity contribution in [2.75, 3.05) is 0 Å². The molecular weight excluding hydrogens is 332 g/mol. The fraction of sp³-hybridized carbons (Fsp3) is 0.400. The minimum atomic E-state index is -1.40. The first-order valence-corrected chi connectivity index (χ1v) is 8.52. The minimum Gasteiger partial charge on any atom is -0.484 e. The highest BCUT2D eigenvalue weighted by molar-refractivity contribution is 5.47. The van der Waals surface area contributed by atoms with Gasteiger partial charge in [-0.3, -0.25) is 4.79 Å². The van der Waals surface area contributed by atoms with Crippen molar-refractivity contribution in [3.63, 3.8) is 0 Å². The molecule has 0 radical (unpaired) electrons. The number of nitrogens with zero attached hydrogens (tertiary/aromatic N) is 2. The quantitative estimate of drug-likeness (QED) is 0.916. The maximum Gasteiger partial charge on any atom is 0.254 e. The van der Waals surface area contributed by atoms with E-state index in [1.807, 2.05) is 6.92 Å². The molecule has 26 heavy (non-hydrogen) atoms. The summed E-state index contributed by atoms with van der Waals surface area (Å²) in [6.45, 7) is 7.63. The first-order valence-electron chi connectivity index (χ1n) is 8.52. The lowest BCUT2D eigenvalue weighted by atomic mass is 9.77. The second kappa shape index (κ2) is 6.19. The molecule has 0 amide bonds. The van der Waals surface area contributed by atoms with Crippen LogP contribution >= 0.6 is 0 Å². The van der Waals surface area contributed by atoms with Crippen LogP contribution in [0.2, 0.25) is 0 Å². The summed E-state index contributed by atoms with van der Waals surface area (Å²) in [5.74, 6) is 0.906. The van der Waals surface area contributed by atoms with Gasteiger partial charge < -0.3 is 19.1 Å². The van der Waals surface area contributed by atoms with Crippen LogP contribution < -0.4 is 15.0 Å². The van der Waals surface area contributed by atoms with Crippen LogP contribution in [-0.4, -0.2) is 20.9 Å². The van der Waals surface area contributed by atoms with Crippen molar-refractivity contribution in [3.05, 3.63) is 58.0 Å². The predicted octanol–water partition coefficient (Wildman–Crippen LogP) is 2.78.